The topological polar surface area (TPSA) is 95.5 Å². The number of quaternary nitrogens is 1. The number of alkyl halides is 5. The number of rotatable bonds is 8. The van der Waals surface area contributed by atoms with Crippen LogP contribution in [0.4, 0.5) is 32.6 Å². The van der Waals surface area contributed by atoms with Gasteiger partial charge in [-0.1, -0.05) is 29.8 Å². The van der Waals surface area contributed by atoms with E-state index in [1.54, 1.807) is 18.3 Å². The van der Waals surface area contributed by atoms with Crippen molar-refractivity contribution in [1.29, 1.82) is 0 Å². The molecule has 0 bridgehead atoms. The zero-order valence-electron chi connectivity index (χ0n) is 26.7. The number of likely N-dealkylation sites (tertiary alicyclic amines) is 1. The zero-order valence-corrected chi connectivity index (χ0v) is 29.1. The molecule has 3 aromatic heterocycles. The van der Waals surface area contributed by atoms with Crippen LogP contribution in [0, 0.1) is 0 Å². The summed E-state index contributed by atoms with van der Waals surface area (Å²) < 4.78 is 95.6. The summed E-state index contributed by atoms with van der Waals surface area (Å²) in [6.45, 7) is 2.92. The van der Waals surface area contributed by atoms with E-state index in [0.717, 1.165) is 17.8 Å². The maximum Gasteiger partial charge on any atom is 0.432 e. The number of amides is 2. The van der Waals surface area contributed by atoms with Gasteiger partial charge in [0.05, 0.1) is 27.7 Å². The molecule has 17 heteroatoms. The van der Waals surface area contributed by atoms with Crippen molar-refractivity contribution in [3.63, 3.8) is 0 Å². The summed E-state index contributed by atoms with van der Waals surface area (Å²) in [6, 6.07) is 13.6. The van der Waals surface area contributed by atoms with Crippen molar-refractivity contribution in [3.05, 3.63) is 94.1 Å². The second-order valence-electron chi connectivity index (χ2n) is 12.4. The number of pyridine rings is 2. The number of carbonyl (C=O) groups excluding carboxylic acids is 1. The van der Waals surface area contributed by atoms with Crippen molar-refractivity contribution < 1.29 is 39.1 Å². The number of halogens is 6. The lowest BCUT2D eigenvalue weighted by Gasteiger charge is -2.35. The van der Waals surface area contributed by atoms with E-state index in [1.807, 2.05) is 23.1 Å². The largest absolute Gasteiger partial charge is 0.432 e. The lowest BCUT2D eigenvalue weighted by atomic mass is 10.1. The highest BCUT2D eigenvalue weighted by Gasteiger charge is 2.66. The summed E-state index contributed by atoms with van der Waals surface area (Å²) in [6.07, 6.45) is -3.62. The summed E-state index contributed by atoms with van der Waals surface area (Å²) in [5.41, 5.74) is 1.25. The highest BCUT2D eigenvalue weighted by Crippen LogP contribution is 2.45. The molecule has 0 spiro atoms. The number of thiophene rings is 1. The molecule has 6 rings (SSSR count). The molecule has 9 nitrogen and oxygen atoms in total. The first-order chi connectivity index (χ1) is 23.6. The van der Waals surface area contributed by atoms with Crippen LogP contribution in [0.3, 0.4) is 0 Å². The Morgan fingerprint density at radius 3 is 2.36 bits per heavy atom. The van der Waals surface area contributed by atoms with Gasteiger partial charge in [-0.3, -0.25) is 9.88 Å². The number of anilines is 1. The number of nitrogens with zero attached hydrogens (tertiary/aromatic N) is 5. The molecular weight excluding hydrogens is 723 g/mol. The van der Waals surface area contributed by atoms with Crippen molar-refractivity contribution in [2.45, 2.75) is 48.8 Å². The Balaban J connectivity index is 1.29. The third-order valence-corrected chi connectivity index (χ3v) is 13.0. The van der Waals surface area contributed by atoms with E-state index in [-0.39, 0.29) is 15.1 Å². The minimum Gasteiger partial charge on any atom is -0.354 e. The quantitative estimate of drug-likeness (QED) is 0.152. The standard InChI is InChI=1S/C33H32ClF5N6O3S2/c1-22-18-32(35,36)21-45(22,50(47,48)30-10-9-28(34)49-30)31(46)41-19-23-16-27(24-5-7-25(8-6-24)33(37,38)39)42-29(17-23)44-14-12-43(13-15-44)20-26-4-2-3-11-40-26/h2-11,16-17,22H,12-15,18-21H2,1H3/p+1/t22-,45?/m1/s1. The van der Waals surface area contributed by atoms with Crippen LogP contribution in [0.25, 0.3) is 11.3 Å². The molecule has 5 heterocycles. The molecule has 2 atom stereocenters. The second kappa shape index (κ2) is 13.8. The van der Waals surface area contributed by atoms with Crippen LogP contribution in [0.5, 0.6) is 0 Å². The monoisotopic (exact) mass is 755 g/mol. The molecule has 1 unspecified atom stereocenters. The molecule has 0 saturated carbocycles. The Hall–Kier alpha value is -3.70. The normalized spacial score (nSPS) is 21.3. The van der Waals surface area contributed by atoms with E-state index < -0.39 is 56.6 Å². The third-order valence-electron chi connectivity index (χ3n) is 8.98. The predicted molar refractivity (Wildman–Crippen MR) is 179 cm³/mol. The van der Waals surface area contributed by atoms with Gasteiger partial charge in [0.2, 0.25) is 0 Å². The fraction of sp³-hybridized carbons (Fsp3) is 0.364. The SMILES string of the molecule is C[C@@H]1CC(F)(F)C[N+]1(C(=O)NCc1cc(-c2ccc(C(F)(F)F)cc2)nc(N2CCN(Cc3ccccn3)CC2)c1)S(=O)(=O)c1ccc(Cl)s1. The Kier molecular flexibility index (Phi) is 9.96. The Bertz CT molecular complexity index is 1960. The smallest absolute Gasteiger partial charge is 0.354 e. The van der Waals surface area contributed by atoms with Crippen LogP contribution in [0.2, 0.25) is 4.34 Å². The molecule has 4 aromatic rings. The molecule has 2 amide bonds. The van der Waals surface area contributed by atoms with Crippen LogP contribution in [0.1, 0.15) is 30.2 Å². The number of nitrogens with one attached hydrogen (secondary N) is 1. The summed E-state index contributed by atoms with van der Waals surface area (Å²) in [4.78, 5) is 27.3. The number of carbonyl (C=O) groups is 1. The molecule has 2 saturated heterocycles. The van der Waals surface area contributed by atoms with Gasteiger partial charge in [-0.25, -0.2) is 18.6 Å². The zero-order chi connectivity index (χ0) is 35.9. The van der Waals surface area contributed by atoms with Crippen LogP contribution >= 0.6 is 22.9 Å². The van der Waals surface area contributed by atoms with E-state index in [1.165, 1.54) is 31.2 Å². The van der Waals surface area contributed by atoms with Crippen LogP contribution in [-0.2, 0) is 29.3 Å². The lowest BCUT2D eigenvalue weighted by Crippen LogP contribution is -2.62. The van der Waals surface area contributed by atoms with E-state index in [2.05, 4.69) is 15.2 Å². The minimum atomic E-state index is -4.67. The van der Waals surface area contributed by atoms with Crippen molar-refractivity contribution in [2.75, 3.05) is 37.6 Å². The van der Waals surface area contributed by atoms with Gasteiger partial charge in [0.25, 0.3) is 0 Å². The van der Waals surface area contributed by atoms with Gasteiger partial charge < -0.3 is 10.2 Å². The summed E-state index contributed by atoms with van der Waals surface area (Å²) >= 11 is 6.66. The predicted octanol–water partition coefficient (Wildman–Crippen LogP) is 7.04. The molecule has 0 radical (unpaired) electrons. The van der Waals surface area contributed by atoms with Gasteiger partial charge in [0.15, 0.2) is 10.8 Å². The number of sulfonamides is 1. The van der Waals surface area contributed by atoms with Crippen molar-refractivity contribution in [1.82, 2.24) is 20.2 Å². The first kappa shape index (κ1) is 36.1. The molecule has 50 heavy (non-hydrogen) atoms. The number of urea groups is 1. The molecule has 0 aliphatic carbocycles. The average molecular weight is 756 g/mol. The molecule has 1 N–H and O–H groups in total. The highest BCUT2D eigenvalue weighted by molar-refractivity contribution is 7.88. The van der Waals surface area contributed by atoms with Gasteiger partial charge in [-0.15, -0.1) is 15.2 Å². The number of aromatic nitrogens is 2. The molecule has 2 fully saturated rings. The third kappa shape index (κ3) is 7.35. The van der Waals surface area contributed by atoms with Crippen LogP contribution < -0.4 is 10.2 Å². The van der Waals surface area contributed by atoms with Gasteiger partial charge in [-0.05, 0) is 61.0 Å². The maximum absolute atomic E-state index is 14.8. The fourth-order valence-corrected chi connectivity index (χ4v) is 10.2. The summed E-state index contributed by atoms with van der Waals surface area (Å²) in [5.74, 6) is -2.93. The van der Waals surface area contributed by atoms with Gasteiger partial charge in [0.1, 0.15) is 11.9 Å². The highest BCUT2D eigenvalue weighted by atomic mass is 35.5. The number of benzene rings is 1. The van der Waals surface area contributed by atoms with Crippen LogP contribution in [-0.4, -0.2) is 77.9 Å². The van der Waals surface area contributed by atoms with Crippen molar-refractivity contribution in [2.24, 2.45) is 0 Å². The van der Waals surface area contributed by atoms with Crippen molar-refractivity contribution >= 4 is 44.8 Å². The maximum atomic E-state index is 14.8. The van der Waals surface area contributed by atoms with Gasteiger partial charge >= 0.3 is 28.2 Å². The summed E-state index contributed by atoms with van der Waals surface area (Å²) in [5, 5.41) is 2.59. The second-order valence-corrected chi connectivity index (χ2v) is 16.4. The van der Waals surface area contributed by atoms with Crippen LogP contribution in [0.15, 0.2) is 77.1 Å². The van der Waals surface area contributed by atoms with Gasteiger partial charge in [-0.2, -0.15) is 21.6 Å². The van der Waals surface area contributed by atoms with E-state index in [4.69, 9.17) is 16.6 Å². The number of hydrogen-bond acceptors (Lipinski definition) is 8. The van der Waals surface area contributed by atoms with E-state index >= 15 is 0 Å². The average Bonchev–Trinajstić information content (AvgIpc) is 3.64. The Morgan fingerprint density at radius 1 is 1.06 bits per heavy atom. The molecule has 2 aliphatic rings. The minimum absolute atomic E-state index is 0.124. The van der Waals surface area contributed by atoms with Gasteiger partial charge in [0, 0.05) is 51.0 Å². The number of hydrogen-bond donors (Lipinski definition) is 1. The fourth-order valence-electron chi connectivity index (χ4n) is 6.42. The molecule has 1 aromatic carbocycles. The Labute approximate surface area is 295 Å². The summed E-state index contributed by atoms with van der Waals surface area (Å²) in [7, 11) is -4.67. The first-order valence-electron chi connectivity index (χ1n) is 15.7. The van der Waals surface area contributed by atoms with Crippen molar-refractivity contribution in [3.8, 4) is 11.3 Å². The van der Waals surface area contributed by atoms with E-state index in [9.17, 15) is 35.2 Å². The molecular formula is C33H33ClF5N6O3S2+. The Morgan fingerprint density at radius 2 is 1.78 bits per heavy atom. The molecule has 266 valence electrons. The lowest BCUT2D eigenvalue weighted by molar-refractivity contribution is -0.738. The molecule has 2 aliphatic heterocycles. The first-order valence-corrected chi connectivity index (χ1v) is 18.3. The number of piperazine rings is 1. The van der Waals surface area contributed by atoms with E-state index in [0.29, 0.717) is 66.7 Å².